The summed E-state index contributed by atoms with van der Waals surface area (Å²) in [6.45, 7) is 6.43. The minimum Gasteiger partial charge on any atom is -0.465 e. The standard InChI is InChI=1S/C26H31N5O6.C19H19N3O7S/c1-2-35-23(32)18-30-14-12-29(13-15-30)16-22-17-31(26(34)37-22)20-10-8-19(9-11-20)24(27)28-25(33)36-21-6-4-3-5-7-21;1-30(25,26)27-12-16-11-22(19(24)29-16)14-9-7-13(8-10-14)17(20)21-18(23)28-15-5-3-2-4-6-15/h3-11,22H,2,12-18H2,1H3,(H2,27,28,33);2-10,16H,11-12H2,1H3,(H2,20,21,23). The molecule has 0 bridgehead atoms. The molecule has 3 heterocycles. The Morgan fingerprint density at radius 2 is 1.09 bits per heavy atom. The number of amides is 4. The highest BCUT2D eigenvalue weighted by molar-refractivity contribution is 7.86. The first-order valence-electron chi connectivity index (χ1n) is 21.0. The second-order valence-electron chi connectivity index (χ2n) is 15.1. The molecule has 2 unspecified atom stereocenters. The van der Waals surface area contributed by atoms with Crippen LogP contribution in [0.15, 0.2) is 109 Å². The van der Waals surface area contributed by atoms with Crippen LogP contribution in [0.3, 0.4) is 0 Å². The van der Waals surface area contributed by atoms with Crippen molar-refractivity contribution in [2.75, 3.05) is 81.6 Å². The highest BCUT2D eigenvalue weighted by Gasteiger charge is 2.35. The maximum Gasteiger partial charge on any atom is 0.418 e. The fourth-order valence-corrected chi connectivity index (χ4v) is 7.26. The average molecular weight is 943 g/mol. The van der Waals surface area contributed by atoms with Crippen LogP contribution in [-0.4, -0.2) is 144 Å². The van der Waals surface area contributed by atoms with Crippen LogP contribution in [0.2, 0.25) is 0 Å². The molecule has 67 heavy (non-hydrogen) atoms. The number of piperazine rings is 1. The fraction of sp³-hybridized carbons (Fsp3) is 0.311. The summed E-state index contributed by atoms with van der Waals surface area (Å²) in [5.74, 6) is 0.228. The van der Waals surface area contributed by atoms with Crippen molar-refractivity contribution < 1.29 is 60.3 Å². The van der Waals surface area contributed by atoms with E-state index in [0.717, 1.165) is 32.4 Å². The summed E-state index contributed by atoms with van der Waals surface area (Å²) in [4.78, 5) is 67.3. The Hall–Kier alpha value is -7.40. The third kappa shape index (κ3) is 15.1. The molecule has 4 N–H and O–H groups in total. The number of ether oxygens (including phenoxy) is 5. The van der Waals surface area contributed by atoms with Gasteiger partial charge in [0.1, 0.15) is 42.0 Å². The molecular formula is C45H50N8O13S. The van der Waals surface area contributed by atoms with Crippen molar-refractivity contribution in [3.05, 3.63) is 120 Å². The Morgan fingerprint density at radius 1 is 0.657 bits per heavy atom. The van der Waals surface area contributed by atoms with Gasteiger partial charge in [-0.2, -0.15) is 8.42 Å². The summed E-state index contributed by atoms with van der Waals surface area (Å²) in [6, 6.07) is 30.0. The van der Waals surface area contributed by atoms with Crippen LogP contribution in [0.5, 0.6) is 11.5 Å². The van der Waals surface area contributed by atoms with Crippen LogP contribution in [0.4, 0.5) is 30.6 Å². The molecule has 0 aromatic heterocycles. The Morgan fingerprint density at radius 3 is 1.54 bits per heavy atom. The first-order valence-corrected chi connectivity index (χ1v) is 22.8. The van der Waals surface area contributed by atoms with E-state index < -0.39 is 40.6 Å². The zero-order valence-electron chi connectivity index (χ0n) is 36.6. The smallest absolute Gasteiger partial charge is 0.418 e. The molecule has 4 aromatic rings. The van der Waals surface area contributed by atoms with E-state index in [9.17, 15) is 32.4 Å². The number of benzene rings is 4. The molecule has 4 amide bonds. The van der Waals surface area contributed by atoms with Gasteiger partial charge in [0.15, 0.2) is 0 Å². The highest BCUT2D eigenvalue weighted by Crippen LogP contribution is 2.24. The molecule has 7 rings (SSSR count). The van der Waals surface area contributed by atoms with Crippen molar-refractivity contribution in [1.29, 1.82) is 10.8 Å². The minimum absolute atomic E-state index is 0.114. The van der Waals surface area contributed by atoms with Gasteiger partial charge >= 0.3 is 30.3 Å². The summed E-state index contributed by atoms with van der Waals surface area (Å²) in [5, 5.41) is 20.9. The topological polar surface area (TPSA) is 260 Å². The zero-order chi connectivity index (χ0) is 47.9. The highest BCUT2D eigenvalue weighted by atomic mass is 32.2. The second kappa shape index (κ2) is 23.2. The molecule has 3 fully saturated rings. The van der Waals surface area contributed by atoms with Gasteiger partial charge in [-0.1, -0.05) is 36.4 Å². The number of nitrogens with zero attached hydrogens (tertiary/aromatic N) is 4. The van der Waals surface area contributed by atoms with E-state index in [0.29, 0.717) is 60.2 Å². The van der Waals surface area contributed by atoms with Crippen LogP contribution in [0.25, 0.3) is 0 Å². The summed E-state index contributed by atoms with van der Waals surface area (Å²) in [7, 11) is -3.63. The van der Waals surface area contributed by atoms with Gasteiger partial charge in [0, 0.05) is 55.2 Å². The van der Waals surface area contributed by atoms with Gasteiger partial charge in [-0.3, -0.25) is 50.0 Å². The van der Waals surface area contributed by atoms with E-state index in [4.69, 9.17) is 34.5 Å². The Labute approximate surface area is 386 Å². The van der Waals surface area contributed by atoms with Gasteiger partial charge in [0.25, 0.3) is 10.1 Å². The number of hydrogen-bond donors (Lipinski definition) is 4. The van der Waals surface area contributed by atoms with E-state index >= 15 is 0 Å². The quantitative estimate of drug-likeness (QED) is 0.0449. The molecule has 0 spiro atoms. The van der Waals surface area contributed by atoms with Crippen LogP contribution in [-0.2, 0) is 33.3 Å². The number of cyclic esters (lactones) is 2. The predicted molar refractivity (Wildman–Crippen MR) is 243 cm³/mol. The number of carbonyl (C=O) groups excluding carboxylic acids is 5. The molecule has 2 atom stereocenters. The number of nitrogens with one attached hydrogen (secondary N) is 4. The van der Waals surface area contributed by atoms with Crippen LogP contribution < -0.4 is 29.9 Å². The number of esters is 1. The largest absolute Gasteiger partial charge is 0.465 e. The van der Waals surface area contributed by atoms with Gasteiger partial charge in [0.05, 0.1) is 32.5 Å². The molecule has 0 saturated carbocycles. The van der Waals surface area contributed by atoms with Crippen molar-refractivity contribution in [3.8, 4) is 11.5 Å². The molecule has 0 radical (unpaired) electrons. The zero-order valence-corrected chi connectivity index (χ0v) is 37.4. The van der Waals surface area contributed by atoms with Crippen LogP contribution in [0.1, 0.15) is 18.1 Å². The Kier molecular flexibility index (Phi) is 17.0. The third-order valence-electron chi connectivity index (χ3n) is 10.1. The first-order chi connectivity index (χ1) is 32.1. The lowest BCUT2D eigenvalue weighted by Gasteiger charge is -2.34. The van der Waals surface area contributed by atoms with E-state index in [1.54, 1.807) is 115 Å². The first kappa shape index (κ1) is 49.0. The fourth-order valence-electron chi connectivity index (χ4n) is 6.86. The monoisotopic (exact) mass is 942 g/mol. The molecule has 3 aliphatic heterocycles. The molecule has 3 aliphatic rings. The van der Waals surface area contributed by atoms with Crippen LogP contribution >= 0.6 is 0 Å². The molecule has 0 aliphatic carbocycles. The van der Waals surface area contributed by atoms with E-state index in [1.165, 1.54) is 4.90 Å². The SMILES string of the molecule is CCOC(=O)CN1CCN(CC2CN(c3ccc(C(=N)NC(=O)Oc4ccccc4)cc3)C(=O)O2)CC1.CS(=O)(=O)OCC1CN(c2ccc(C(=N)NC(=O)Oc3ccccc3)cc2)C(=O)O1. The predicted octanol–water partition coefficient (Wildman–Crippen LogP) is 4.41. The lowest BCUT2D eigenvalue weighted by Crippen LogP contribution is -2.50. The van der Waals surface area contributed by atoms with Crippen molar-refractivity contribution >= 4 is 63.5 Å². The summed E-state index contributed by atoms with van der Waals surface area (Å²) in [5.41, 5.74) is 2.01. The Bertz CT molecular complexity index is 2490. The van der Waals surface area contributed by atoms with Gasteiger partial charge in [-0.25, -0.2) is 19.2 Å². The van der Waals surface area contributed by atoms with Gasteiger partial charge in [-0.05, 0) is 79.7 Å². The second-order valence-corrected chi connectivity index (χ2v) is 16.7. The van der Waals surface area contributed by atoms with E-state index in [-0.39, 0.29) is 36.9 Å². The number of rotatable bonds is 14. The number of para-hydroxylation sites is 2. The maximum absolute atomic E-state index is 12.5. The number of anilines is 2. The van der Waals surface area contributed by atoms with Crippen molar-refractivity contribution in [1.82, 2.24) is 20.4 Å². The Balaban J connectivity index is 0.000000226. The molecule has 354 valence electrons. The normalized spacial score (nSPS) is 17.3. The molecular weight excluding hydrogens is 893 g/mol. The molecule has 21 nitrogen and oxygen atoms in total. The molecule has 4 aromatic carbocycles. The average Bonchev–Trinajstić information content (AvgIpc) is 3.87. The van der Waals surface area contributed by atoms with E-state index in [2.05, 4.69) is 24.6 Å². The third-order valence-corrected chi connectivity index (χ3v) is 10.7. The molecule has 22 heteroatoms. The van der Waals surface area contributed by atoms with Gasteiger partial charge < -0.3 is 23.7 Å². The molecule has 3 saturated heterocycles. The van der Waals surface area contributed by atoms with Crippen LogP contribution in [0, 0.1) is 10.8 Å². The lowest BCUT2D eigenvalue weighted by atomic mass is 10.1. The summed E-state index contributed by atoms with van der Waals surface area (Å²) >= 11 is 0. The van der Waals surface area contributed by atoms with E-state index in [1.807, 2.05) is 6.07 Å². The summed E-state index contributed by atoms with van der Waals surface area (Å²) in [6.07, 6.45) is -2.68. The van der Waals surface area contributed by atoms with Gasteiger partial charge in [-0.15, -0.1) is 0 Å². The lowest BCUT2D eigenvalue weighted by molar-refractivity contribution is -0.144. The maximum atomic E-state index is 12.5. The summed E-state index contributed by atoms with van der Waals surface area (Å²) < 4.78 is 52.7. The van der Waals surface area contributed by atoms with Crippen molar-refractivity contribution in [2.45, 2.75) is 19.1 Å². The number of carbonyl (C=O) groups is 5. The minimum atomic E-state index is -3.63. The number of hydrogen-bond acceptors (Lipinski definition) is 17. The van der Waals surface area contributed by atoms with Gasteiger partial charge in [0.2, 0.25) is 0 Å². The number of amidine groups is 2. The van der Waals surface area contributed by atoms with Crippen molar-refractivity contribution in [2.24, 2.45) is 0 Å². The van der Waals surface area contributed by atoms with Crippen molar-refractivity contribution in [3.63, 3.8) is 0 Å².